The Hall–Kier alpha value is -3.74. The van der Waals surface area contributed by atoms with Crippen LogP contribution in [0, 0.1) is 0 Å². The molecule has 4 aromatic rings. The van der Waals surface area contributed by atoms with Crippen LogP contribution in [0.1, 0.15) is 18.5 Å². The summed E-state index contributed by atoms with van der Waals surface area (Å²) in [5.41, 5.74) is 1.82. The van der Waals surface area contributed by atoms with Crippen molar-refractivity contribution < 1.29 is 9.53 Å². The molecule has 3 aromatic carbocycles. The number of hydrogen-bond acceptors (Lipinski definition) is 5. The molecule has 29 heavy (non-hydrogen) atoms. The molecule has 0 radical (unpaired) electrons. The average molecular weight is 387 g/mol. The Bertz CT molecular complexity index is 1150. The molecule has 0 aliphatic carbocycles. The lowest BCUT2D eigenvalue weighted by molar-refractivity contribution is -0.122. The van der Waals surface area contributed by atoms with Gasteiger partial charge in [-0.25, -0.2) is 0 Å². The van der Waals surface area contributed by atoms with Gasteiger partial charge in [0.15, 0.2) is 0 Å². The normalized spacial score (nSPS) is 11.9. The van der Waals surface area contributed by atoms with E-state index in [9.17, 15) is 4.79 Å². The summed E-state index contributed by atoms with van der Waals surface area (Å²) < 4.78 is 5.21. The second-order valence-electron chi connectivity index (χ2n) is 6.77. The zero-order valence-corrected chi connectivity index (χ0v) is 16.2. The van der Waals surface area contributed by atoms with Crippen molar-refractivity contribution in [2.75, 3.05) is 7.11 Å². The van der Waals surface area contributed by atoms with Crippen LogP contribution in [0.3, 0.4) is 0 Å². The third-order valence-electron chi connectivity index (χ3n) is 4.72. The Labute approximate surface area is 168 Å². The fourth-order valence-corrected chi connectivity index (χ4v) is 3.16. The van der Waals surface area contributed by atoms with Crippen LogP contribution in [0.15, 0.2) is 66.7 Å². The number of nitrogens with zero attached hydrogens (tertiary/aromatic N) is 4. The molecule has 0 fully saturated rings. The zero-order chi connectivity index (χ0) is 20.2. The Balaban J connectivity index is 1.42. The van der Waals surface area contributed by atoms with Gasteiger partial charge in [0.1, 0.15) is 12.3 Å². The van der Waals surface area contributed by atoms with Crippen LogP contribution in [-0.2, 0) is 11.3 Å². The number of nitrogens with one attached hydrogen (secondary N) is 1. The first-order valence-electron chi connectivity index (χ1n) is 9.32. The highest BCUT2D eigenvalue weighted by Crippen LogP contribution is 2.21. The summed E-state index contributed by atoms with van der Waals surface area (Å²) in [4.78, 5) is 13.7. The van der Waals surface area contributed by atoms with Crippen molar-refractivity contribution in [3.8, 4) is 17.1 Å². The van der Waals surface area contributed by atoms with Crippen molar-refractivity contribution in [2.24, 2.45) is 0 Å². The van der Waals surface area contributed by atoms with Gasteiger partial charge in [-0.1, -0.05) is 48.5 Å². The fourth-order valence-electron chi connectivity index (χ4n) is 3.16. The summed E-state index contributed by atoms with van der Waals surface area (Å²) in [5.74, 6) is 0.973. The second-order valence-corrected chi connectivity index (χ2v) is 6.77. The van der Waals surface area contributed by atoms with Crippen LogP contribution in [0.2, 0.25) is 0 Å². The molecular weight excluding hydrogens is 366 g/mol. The quantitative estimate of drug-likeness (QED) is 0.548. The van der Waals surface area contributed by atoms with Crippen LogP contribution >= 0.6 is 0 Å². The number of carbonyl (C=O) groups excluding carboxylic acids is 1. The maximum atomic E-state index is 12.4. The third-order valence-corrected chi connectivity index (χ3v) is 4.72. The van der Waals surface area contributed by atoms with Crippen molar-refractivity contribution in [1.29, 1.82) is 0 Å². The maximum Gasteiger partial charge on any atom is 0.244 e. The predicted molar refractivity (Wildman–Crippen MR) is 110 cm³/mol. The summed E-state index contributed by atoms with van der Waals surface area (Å²) >= 11 is 0. The number of tetrazole rings is 1. The van der Waals surface area contributed by atoms with Gasteiger partial charge in [0, 0.05) is 5.56 Å². The van der Waals surface area contributed by atoms with E-state index in [2.05, 4.69) is 45.0 Å². The number of rotatable bonds is 6. The highest BCUT2D eigenvalue weighted by atomic mass is 16.5. The highest BCUT2D eigenvalue weighted by molar-refractivity contribution is 5.83. The van der Waals surface area contributed by atoms with E-state index in [0.717, 1.165) is 16.5 Å². The Morgan fingerprint density at radius 2 is 1.90 bits per heavy atom. The molecule has 1 atom stereocenters. The molecule has 1 unspecified atom stereocenters. The molecule has 7 heteroatoms. The van der Waals surface area contributed by atoms with Crippen LogP contribution < -0.4 is 10.1 Å². The van der Waals surface area contributed by atoms with Gasteiger partial charge in [0.05, 0.1) is 13.2 Å². The van der Waals surface area contributed by atoms with Crippen molar-refractivity contribution >= 4 is 16.7 Å². The van der Waals surface area contributed by atoms with E-state index >= 15 is 0 Å². The molecule has 0 saturated carbocycles. The van der Waals surface area contributed by atoms with Crippen molar-refractivity contribution in [2.45, 2.75) is 19.5 Å². The minimum atomic E-state index is -0.180. The van der Waals surface area contributed by atoms with E-state index in [-0.39, 0.29) is 18.5 Å². The van der Waals surface area contributed by atoms with Gasteiger partial charge in [-0.15, -0.1) is 10.2 Å². The van der Waals surface area contributed by atoms with Crippen LogP contribution in [-0.4, -0.2) is 33.2 Å². The van der Waals surface area contributed by atoms with Crippen LogP contribution in [0.25, 0.3) is 22.2 Å². The minimum Gasteiger partial charge on any atom is -0.497 e. The number of fused-ring (bicyclic) bond motifs is 1. The van der Waals surface area contributed by atoms with Gasteiger partial charge in [-0.05, 0) is 46.7 Å². The second kappa shape index (κ2) is 8.10. The van der Waals surface area contributed by atoms with E-state index in [1.54, 1.807) is 7.11 Å². The number of ether oxygens (including phenoxy) is 1. The summed E-state index contributed by atoms with van der Waals surface area (Å²) in [6.07, 6.45) is 0. The molecule has 0 spiro atoms. The number of methoxy groups -OCH3 is 1. The average Bonchev–Trinajstić information content (AvgIpc) is 3.21. The summed E-state index contributed by atoms with van der Waals surface area (Å²) in [6, 6.07) is 21.6. The Kier molecular flexibility index (Phi) is 5.20. The molecule has 4 rings (SSSR count). The molecular formula is C22H21N5O2. The fraction of sp³-hybridized carbons (Fsp3) is 0.182. The van der Waals surface area contributed by atoms with Crippen molar-refractivity contribution in [1.82, 2.24) is 25.5 Å². The third kappa shape index (κ3) is 4.24. The number of benzene rings is 3. The summed E-state index contributed by atoms with van der Waals surface area (Å²) in [7, 11) is 1.60. The first-order valence-corrected chi connectivity index (χ1v) is 9.32. The lowest BCUT2D eigenvalue weighted by Crippen LogP contribution is -2.30. The Morgan fingerprint density at radius 3 is 2.72 bits per heavy atom. The number of hydrogen-bond donors (Lipinski definition) is 1. The first-order chi connectivity index (χ1) is 14.1. The monoisotopic (exact) mass is 387 g/mol. The predicted octanol–water partition coefficient (Wildman–Crippen LogP) is 3.38. The lowest BCUT2D eigenvalue weighted by atomic mass is 10.0. The molecule has 1 N–H and O–H groups in total. The largest absolute Gasteiger partial charge is 0.497 e. The van der Waals surface area contributed by atoms with Crippen molar-refractivity contribution in [3.63, 3.8) is 0 Å². The topological polar surface area (TPSA) is 81.9 Å². The molecule has 0 aliphatic heterocycles. The summed E-state index contributed by atoms with van der Waals surface area (Å²) in [5, 5.41) is 17.6. The first kappa shape index (κ1) is 18.6. The molecule has 1 amide bonds. The smallest absolute Gasteiger partial charge is 0.244 e. The number of aromatic nitrogens is 4. The molecule has 146 valence electrons. The van der Waals surface area contributed by atoms with Crippen LogP contribution in [0.5, 0.6) is 5.75 Å². The van der Waals surface area contributed by atoms with Crippen LogP contribution in [0.4, 0.5) is 0 Å². The molecule has 1 aromatic heterocycles. The molecule has 0 aliphatic rings. The SMILES string of the molecule is COc1cccc(-c2nnn(CC(=O)NC(C)c3ccc4ccccc4c3)n2)c1. The molecule has 1 heterocycles. The van der Waals surface area contributed by atoms with Crippen molar-refractivity contribution in [3.05, 3.63) is 72.3 Å². The standard InChI is InChI=1S/C22H21N5O2/c1-15(17-11-10-16-6-3-4-7-18(16)12-17)23-21(28)14-27-25-22(24-26-27)19-8-5-9-20(13-19)29-2/h3-13,15H,14H2,1-2H3,(H,23,28). The van der Waals surface area contributed by atoms with E-state index in [4.69, 9.17) is 4.74 Å². The Morgan fingerprint density at radius 1 is 1.07 bits per heavy atom. The van der Waals surface area contributed by atoms with Gasteiger partial charge in [-0.2, -0.15) is 4.80 Å². The lowest BCUT2D eigenvalue weighted by Gasteiger charge is -2.14. The summed E-state index contributed by atoms with van der Waals surface area (Å²) in [6.45, 7) is 1.95. The van der Waals surface area contributed by atoms with Gasteiger partial charge in [0.2, 0.25) is 11.7 Å². The minimum absolute atomic E-state index is 0.00507. The molecule has 0 saturated heterocycles. The van der Waals surface area contributed by atoms with E-state index in [0.29, 0.717) is 11.6 Å². The van der Waals surface area contributed by atoms with Gasteiger partial charge in [0.25, 0.3) is 0 Å². The zero-order valence-electron chi connectivity index (χ0n) is 16.2. The number of amides is 1. The van der Waals surface area contributed by atoms with E-state index in [1.165, 1.54) is 10.2 Å². The van der Waals surface area contributed by atoms with Gasteiger partial charge in [-0.3, -0.25) is 4.79 Å². The molecule has 0 bridgehead atoms. The van der Waals surface area contributed by atoms with E-state index < -0.39 is 0 Å². The highest BCUT2D eigenvalue weighted by Gasteiger charge is 2.13. The number of carbonyl (C=O) groups is 1. The van der Waals surface area contributed by atoms with E-state index in [1.807, 2.05) is 49.4 Å². The van der Waals surface area contributed by atoms with Gasteiger partial charge < -0.3 is 10.1 Å². The molecule has 7 nitrogen and oxygen atoms in total. The maximum absolute atomic E-state index is 12.4. The van der Waals surface area contributed by atoms with Gasteiger partial charge >= 0.3 is 0 Å².